The van der Waals surface area contributed by atoms with Crippen molar-refractivity contribution in [1.29, 1.82) is 0 Å². The van der Waals surface area contributed by atoms with E-state index in [0.717, 1.165) is 23.3 Å². The van der Waals surface area contributed by atoms with E-state index < -0.39 is 0 Å². The Morgan fingerprint density at radius 2 is 1.87 bits per heavy atom. The van der Waals surface area contributed by atoms with Gasteiger partial charge in [0.05, 0.1) is 17.2 Å². The van der Waals surface area contributed by atoms with Crippen LogP contribution in [0.15, 0.2) is 48.5 Å². The summed E-state index contributed by atoms with van der Waals surface area (Å²) < 4.78 is 5.11. The number of methoxy groups -OCH3 is 1. The topological polar surface area (TPSA) is 38.3 Å². The van der Waals surface area contributed by atoms with Crippen LogP contribution in [0.3, 0.4) is 0 Å². The van der Waals surface area contributed by atoms with Gasteiger partial charge in [-0.2, -0.15) is 0 Å². The smallest absolute Gasteiger partial charge is 0.244 e. The Labute approximate surface area is 145 Å². The maximum Gasteiger partial charge on any atom is 0.244 e. The van der Waals surface area contributed by atoms with Gasteiger partial charge in [0, 0.05) is 12.6 Å². The summed E-state index contributed by atoms with van der Waals surface area (Å²) in [5.74, 6) is 0.673. The third-order valence-corrected chi connectivity index (χ3v) is 3.98. The molecule has 0 unspecified atom stereocenters. The first kappa shape index (κ1) is 17.4. The highest BCUT2D eigenvalue weighted by atomic mass is 35.5. The van der Waals surface area contributed by atoms with Gasteiger partial charge in [-0.25, -0.2) is 0 Å². The highest BCUT2D eigenvalue weighted by Gasteiger charge is 1.99. The van der Waals surface area contributed by atoms with E-state index in [0.29, 0.717) is 16.6 Å². The van der Waals surface area contributed by atoms with Gasteiger partial charge in [-0.15, -0.1) is 0 Å². The predicted molar refractivity (Wildman–Crippen MR) is 95.2 cm³/mol. The van der Waals surface area contributed by atoms with Crippen LogP contribution in [-0.4, -0.2) is 19.6 Å². The third-order valence-electron chi connectivity index (χ3n) is 3.24. The second-order valence-electron chi connectivity index (χ2n) is 4.90. The lowest BCUT2D eigenvalue weighted by Gasteiger charge is -2.04. The van der Waals surface area contributed by atoms with Gasteiger partial charge in [0.1, 0.15) is 5.75 Å². The molecule has 0 fully saturated rings. The Morgan fingerprint density at radius 3 is 2.52 bits per heavy atom. The number of carbonyl (C=O) groups is 1. The number of rotatable bonds is 6. The van der Waals surface area contributed by atoms with E-state index in [1.165, 1.54) is 6.08 Å². The van der Waals surface area contributed by atoms with Crippen LogP contribution in [-0.2, 0) is 11.2 Å². The molecule has 0 aliphatic heterocycles. The fourth-order valence-corrected chi connectivity index (χ4v) is 2.28. The zero-order valence-electron chi connectivity index (χ0n) is 12.7. The molecule has 1 amide bonds. The molecule has 23 heavy (non-hydrogen) atoms. The van der Waals surface area contributed by atoms with Gasteiger partial charge in [0.15, 0.2) is 0 Å². The third kappa shape index (κ3) is 5.62. The summed E-state index contributed by atoms with van der Waals surface area (Å²) in [6, 6.07) is 13.0. The number of carbonyl (C=O) groups excluding carboxylic acids is 1. The van der Waals surface area contributed by atoms with Gasteiger partial charge in [-0.05, 0) is 47.9 Å². The zero-order chi connectivity index (χ0) is 16.7. The molecular weight excluding hydrogens is 333 g/mol. The van der Waals surface area contributed by atoms with Crippen molar-refractivity contribution in [2.24, 2.45) is 0 Å². The average molecular weight is 350 g/mol. The predicted octanol–water partition coefficient (Wildman–Crippen LogP) is 4.37. The molecule has 0 saturated heterocycles. The van der Waals surface area contributed by atoms with Crippen LogP contribution >= 0.6 is 23.2 Å². The van der Waals surface area contributed by atoms with Crippen LogP contribution in [0.5, 0.6) is 5.75 Å². The second-order valence-corrected chi connectivity index (χ2v) is 5.71. The number of amides is 1. The molecule has 5 heteroatoms. The molecule has 0 aliphatic rings. The van der Waals surface area contributed by atoms with E-state index in [1.54, 1.807) is 31.4 Å². The van der Waals surface area contributed by atoms with Gasteiger partial charge in [-0.1, -0.05) is 41.4 Å². The van der Waals surface area contributed by atoms with Crippen LogP contribution in [0.1, 0.15) is 11.1 Å². The Balaban J connectivity index is 1.80. The lowest BCUT2D eigenvalue weighted by atomic mass is 10.1. The van der Waals surface area contributed by atoms with E-state index >= 15 is 0 Å². The van der Waals surface area contributed by atoms with Crippen molar-refractivity contribution in [2.75, 3.05) is 13.7 Å². The average Bonchev–Trinajstić information content (AvgIpc) is 2.56. The molecule has 2 rings (SSSR count). The molecule has 0 heterocycles. The summed E-state index contributed by atoms with van der Waals surface area (Å²) in [7, 11) is 1.63. The highest BCUT2D eigenvalue weighted by molar-refractivity contribution is 6.42. The minimum absolute atomic E-state index is 0.149. The Hall–Kier alpha value is -1.97. The van der Waals surface area contributed by atoms with Crippen LogP contribution < -0.4 is 10.1 Å². The molecule has 0 aliphatic carbocycles. The Bertz CT molecular complexity index is 697. The first-order valence-corrected chi connectivity index (χ1v) is 7.88. The van der Waals surface area contributed by atoms with Crippen LogP contribution in [0.2, 0.25) is 10.0 Å². The fourth-order valence-electron chi connectivity index (χ4n) is 1.97. The van der Waals surface area contributed by atoms with E-state index in [4.69, 9.17) is 27.9 Å². The summed E-state index contributed by atoms with van der Waals surface area (Å²) in [6.07, 6.45) is 3.94. The maximum absolute atomic E-state index is 11.8. The van der Waals surface area contributed by atoms with Crippen molar-refractivity contribution in [1.82, 2.24) is 5.32 Å². The molecule has 3 nitrogen and oxygen atoms in total. The number of benzene rings is 2. The standard InChI is InChI=1S/C18H17Cl2NO2/c1-23-15-6-2-13(3-7-15)10-11-21-18(22)9-5-14-4-8-16(19)17(20)12-14/h2-9,12H,10-11H2,1H3,(H,21,22)/b9-5+. The van der Waals surface area contributed by atoms with Crippen molar-refractivity contribution in [3.8, 4) is 5.75 Å². The SMILES string of the molecule is COc1ccc(CCNC(=O)/C=C/c2ccc(Cl)c(Cl)c2)cc1. The van der Waals surface area contributed by atoms with Gasteiger partial charge in [-0.3, -0.25) is 4.79 Å². The van der Waals surface area contributed by atoms with Crippen LogP contribution in [0, 0.1) is 0 Å². The van der Waals surface area contributed by atoms with Gasteiger partial charge in [0.25, 0.3) is 0 Å². The molecule has 120 valence electrons. The molecule has 0 spiro atoms. The molecular formula is C18H17Cl2NO2. The summed E-state index contributed by atoms with van der Waals surface area (Å²) in [4.78, 5) is 11.8. The van der Waals surface area contributed by atoms with E-state index in [1.807, 2.05) is 24.3 Å². The Morgan fingerprint density at radius 1 is 1.13 bits per heavy atom. The number of halogens is 2. The minimum Gasteiger partial charge on any atom is -0.497 e. The first-order valence-electron chi connectivity index (χ1n) is 7.12. The molecule has 0 radical (unpaired) electrons. The number of hydrogen-bond donors (Lipinski definition) is 1. The lowest BCUT2D eigenvalue weighted by molar-refractivity contribution is -0.116. The summed E-state index contributed by atoms with van der Waals surface area (Å²) in [5.41, 5.74) is 1.96. The lowest BCUT2D eigenvalue weighted by Crippen LogP contribution is -2.23. The summed E-state index contributed by atoms with van der Waals surface area (Å²) >= 11 is 11.8. The zero-order valence-corrected chi connectivity index (χ0v) is 14.2. The molecule has 0 aromatic heterocycles. The van der Waals surface area contributed by atoms with E-state index in [-0.39, 0.29) is 5.91 Å². The van der Waals surface area contributed by atoms with Crippen molar-refractivity contribution < 1.29 is 9.53 Å². The van der Waals surface area contributed by atoms with Gasteiger partial charge >= 0.3 is 0 Å². The molecule has 1 N–H and O–H groups in total. The number of hydrogen-bond acceptors (Lipinski definition) is 2. The van der Waals surface area contributed by atoms with E-state index in [9.17, 15) is 4.79 Å². The molecule has 0 saturated carbocycles. The van der Waals surface area contributed by atoms with Crippen LogP contribution in [0.4, 0.5) is 0 Å². The van der Waals surface area contributed by atoms with Crippen molar-refractivity contribution in [2.45, 2.75) is 6.42 Å². The Kier molecular flexibility index (Phi) is 6.51. The second kappa shape index (κ2) is 8.61. The van der Waals surface area contributed by atoms with Crippen molar-refractivity contribution in [3.05, 3.63) is 69.7 Å². The van der Waals surface area contributed by atoms with Crippen LogP contribution in [0.25, 0.3) is 6.08 Å². The number of ether oxygens (including phenoxy) is 1. The fraction of sp³-hybridized carbons (Fsp3) is 0.167. The highest BCUT2D eigenvalue weighted by Crippen LogP contribution is 2.23. The summed E-state index contributed by atoms with van der Waals surface area (Å²) in [6.45, 7) is 0.566. The first-order chi connectivity index (χ1) is 11.1. The largest absolute Gasteiger partial charge is 0.497 e. The quantitative estimate of drug-likeness (QED) is 0.786. The molecule has 2 aromatic carbocycles. The van der Waals surface area contributed by atoms with Gasteiger partial charge < -0.3 is 10.1 Å². The van der Waals surface area contributed by atoms with Crippen molar-refractivity contribution in [3.63, 3.8) is 0 Å². The molecule has 0 atom stereocenters. The maximum atomic E-state index is 11.8. The molecule has 0 bridgehead atoms. The van der Waals surface area contributed by atoms with Crippen molar-refractivity contribution >= 4 is 35.2 Å². The monoisotopic (exact) mass is 349 g/mol. The summed E-state index contributed by atoms with van der Waals surface area (Å²) in [5, 5.41) is 3.80. The van der Waals surface area contributed by atoms with Gasteiger partial charge in [0.2, 0.25) is 5.91 Å². The number of nitrogens with one attached hydrogen (secondary N) is 1. The normalized spacial score (nSPS) is 10.7. The van der Waals surface area contributed by atoms with E-state index in [2.05, 4.69) is 5.32 Å². The molecule has 2 aromatic rings. The minimum atomic E-state index is -0.149.